The molecule has 3 heterocycles. The average Bonchev–Trinajstić information content (AvgIpc) is 3.13. The number of ether oxygens (including phenoxy) is 1. The Morgan fingerprint density at radius 3 is 2.83 bits per heavy atom. The van der Waals surface area contributed by atoms with Crippen molar-refractivity contribution >= 4 is 11.7 Å². The highest BCUT2D eigenvalue weighted by atomic mass is 16.5. The van der Waals surface area contributed by atoms with Gasteiger partial charge in [0, 0.05) is 31.1 Å². The molecule has 1 aromatic carbocycles. The summed E-state index contributed by atoms with van der Waals surface area (Å²) in [5, 5.41) is 7.69. The van der Waals surface area contributed by atoms with Crippen molar-refractivity contribution in [1.29, 1.82) is 0 Å². The van der Waals surface area contributed by atoms with Gasteiger partial charge in [-0.05, 0) is 31.5 Å². The Morgan fingerprint density at radius 1 is 1.21 bits per heavy atom. The second kappa shape index (κ2) is 8.31. The standard InChI is InChI=1S/C23H24N4O2/c1-16(2)9-10-20(28)25-19-15-18(11-12-24-19)21-22(17-7-4-3-5-8-17)26-27-13-6-14-29-23(21)27/h3-5,7-9,11-12,15H,6,10,13-14H2,1-2H3,(H,24,25,28). The van der Waals surface area contributed by atoms with Crippen molar-refractivity contribution in [3.8, 4) is 28.3 Å². The fraction of sp³-hybridized carbons (Fsp3) is 0.261. The zero-order valence-electron chi connectivity index (χ0n) is 16.7. The molecule has 1 N–H and O–H groups in total. The van der Waals surface area contributed by atoms with Crippen LogP contribution >= 0.6 is 0 Å². The van der Waals surface area contributed by atoms with Crippen LogP contribution in [0.25, 0.3) is 22.4 Å². The molecule has 1 amide bonds. The lowest BCUT2D eigenvalue weighted by Gasteiger charge is -2.16. The third-order valence-electron chi connectivity index (χ3n) is 4.72. The lowest BCUT2D eigenvalue weighted by molar-refractivity contribution is -0.115. The number of allylic oxidation sites excluding steroid dienone is 1. The molecule has 1 aliphatic rings. The summed E-state index contributed by atoms with van der Waals surface area (Å²) in [7, 11) is 0. The molecule has 0 fully saturated rings. The smallest absolute Gasteiger partial charge is 0.229 e. The Kier molecular flexibility index (Phi) is 5.42. The molecule has 4 rings (SSSR count). The Bertz CT molecular complexity index is 1050. The first-order valence-electron chi connectivity index (χ1n) is 9.80. The third-order valence-corrected chi connectivity index (χ3v) is 4.72. The molecule has 0 radical (unpaired) electrons. The summed E-state index contributed by atoms with van der Waals surface area (Å²) in [6.45, 7) is 5.44. The molecule has 0 bridgehead atoms. The first-order valence-corrected chi connectivity index (χ1v) is 9.80. The van der Waals surface area contributed by atoms with E-state index in [-0.39, 0.29) is 5.91 Å². The summed E-state index contributed by atoms with van der Waals surface area (Å²) in [6.07, 6.45) is 4.86. The molecule has 6 heteroatoms. The molecule has 1 aliphatic heterocycles. The van der Waals surface area contributed by atoms with Crippen LogP contribution in [0.2, 0.25) is 0 Å². The van der Waals surface area contributed by atoms with Crippen molar-refractivity contribution in [1.82, 2.24) is 14.8 Å². The highest BCUT2D eigenvalue weighted by Crippen LogP contribution is 2.40. The lowest BCUT2D eigenvalue weighted by Crippen LogP contribution is -2.15. The number of benzene rings is 1. The fourth-order valence-corrected chi connectivity index (χ4v) is 3.33. The van der Waals surface area contributed by atoms with Gasteiger partial charge in [-0.25, -0.2) is 9.67 Å². The van der Waals surface area contributed by atoms with Gasteiger partial charge in [0.15, 0.2) is 0 Å². The van der Waals surface area contributed by atoms with Crippen LogP contribution in [0.3, 0.4) is 0 Å². The van der Waals surface area contributed by atoms with Crippen molar-refractivity contribution in [2.24, 2.45) is 0 Å². The Balaban J connectivity index is 1.72. The number of hydrogen-bond acceptors (Lipinski definition) is 4. The number of amides is 1. The van der Waals surface area contributed by atoms with Gasteiger partial charge < -0.3 is 10.1 Å². The molecule has 3 aromatic rings. The Labute approximate surface area is 170 Å². The minimum absolute atomic E-state index is 0.0904. The van der Waals surface area contributed by atoms with Gasteiger partial charge in [0.1, 0.15) is 11.5 Å². The molecule has 2 aromatic heterocycles. The fourth-order valence-electron chi connectivity index (χ4n) is 3.33. The van der Waals surface area contributed by atoms with E-state index in [1.165, 1.54) is 0 Å². The maximum atomic E-state index is 12.2. The van der Waals surface area contributed by atoms with E-state index in [1.54, 1.807) is 6.20 Å². The van der Waals surface area contributed by atoms with Crippen LogP contribution in [0.4, 0.5) is 5.82 Å². The Hall–Kier alpha value is -3.41. The van der Waals surface area contributed by atoms with E-state index >= 15 is 0 Å². The topological polar surface area (TPSA) is 69.0 Å². The van der Waals surface area contributed by atoms with Crippen molar-refractivity contribution in [3.63, 3.8) is 0 Å². The van der Waals surface area contributed by atoms with Crippen LogP contribution in [0.5, 0.6) is 5.88 Å². The lowest BCUT2D eigenvalue weighted by atomic mass is 10.0. The molecular formula is C23H24N4O2. The minimum Gasteiger partial charge on any atom is -0.477 e. The average molecular weight is 388 g/mol. The van der Waals surface area contributed by atoms with Gasteiger partial charge in [0.05, 0.1) is 12.2 Å². The molecule has 29 heavy (non-hydrogen) atoms. The number of aromatic nitrogens is 3. The molecular weight excluding hydrogens is 364 g/mol. The molecule has 0 spiro atoms. The van der Waals surface area contributed by atoms with Crippen LogP contribution < -0.4 is 10.1 Å². The van der Waals surface area contributed by atoms with E-state index in [4.69, 9.17) is 9.84 Å². The minimum atomic E-state index is -0.0904. The number of nitrogens with zero attached hydrogens (tertiary/aromatic N) is 3. The van der Waals surface area contributed by atoms with E-state index < -0.39 is 0 Å². The second-order valence-electron chi connectivity index (χ2n) is 7.28. The second-order valence-corrected chi connectivity index (χ2v) is 7.28. The first-order chi connectivity index (χ1) is 14.1. The zero-order valence-corrected chi connectivity index (χ0v) is 16.7. The molecule has 0 saturated heterocycles. The number of rotatable bonds is 5. The maximum absolute atomic E-state index is 12.2. The van der Waals surface area contributed by atoms with E-state index in [9.17, 15) is 4.79 Å². The van der Waals surface area contributed by atoms with E-state index in [2.05, 4.69) is 10.3 Å². The van der Waals surface area contributed by atoms with Crippen LogP contribution in [0.15, 0.2) is 60.3 Å². The highest BCUT2D eigenvalue weighted by molar-refractivity contribution is 5.92. The highest BCUT2D eigenvalue weighted by Gasteiger charge is 2.24. The van der Waals surface area contributed by atoms with Crippen molar-refractivity contribution < 1.29 is 9.53 Å². The number of fused-ring (bicyclic) bond motifs is 1. The van der Waals surface area contributed by atoms with Gasteiger partial charge in [-0.15, -0.1) is 0 Å². The van der Waals surface area contributed by atoms with Gasteiger partial charge in [0.25, 0.3) is 0 Å². The zero-order chi connectivity index (χ0) is 20.2. The predicted octanol–water partition coefficient (Wildman–Crippen LogP) is 4.69. The molecule has 0 saturated carbocycles. The van der Waals surface area contributed by atoms with Gasteiger partial charge in [0.2, 0.25) is 11.8 Å². The van der Waals surface area contributed by atoms with Crippen LogP contribution in [0.1, 0.15) is 26.7 Å². The summed E-state index contributed by atoms with van der Waals surface area (Å²) in [5.74, 6) is 1.19. The van der Waals surface area contributed by atoms with E-state index in [1.807, 2.05) is 67.1 Å². The number of aryl methyl sites for hydroxylation is 1. The normalized spacial score (nSPS) is 12.6. The van der Waals surface area contributed by atoms with Crippen molar-refractivity contribution in [2.45, 2.75) is 33.2 Å². The number of carbonyl (C=O) groups is 1. The van der Waals surface area contributed by atoms with Crippen LogP contribution in [0, 0.1) is 0 Å². The summed E-state index contributed by atoms with van der Waals surface area (Å²) in [6, 6.07) is 13.9. The van der Waals surface area contributed by atoms with E-state index in [0.717, 1.165) is 46.8 Å². The molecule has 0 atom stereocenters. The van der Waals surface area contributed by atoms with Gasteiger partial charge in [-0.2, -0.15) is 5.10 Å². The third kappa shape index (κ3) is 4.21. The summed E-state index contributed by atoms with van der Waals surface area (Å²) in [4.78, 5) is 16.5. The van der Waals surface area contributed by atoms with Crippen molar-refractivity contribution in [3.05, 3.63) is 60.3 Å². The predicted molar refractivity (Wildman–Crippen MR) is 114 cm³/mol. The van der Waals surface area contributed by atoms with Gasteiger partial charge >= 0.3 is 0 Å². The van der Waals surface area contributed by atoms with Gasteiger partial charge in [-0.3, -0.25) is 4.79 Å². The number of hydrogen-bond donors (Lipinski definition) is 1. The summed E-state index contributed by atoms with van der Waals surface area (Å²) >= 11 is 0. The monoisotopic (exact) mass is 388 g/mol. The summed E-state index contributed by atoms with van der Waals surface area (Å²) < 4.78 is 7.91. The SMILES string of the molecule is CC(C)=CCC(=O)Nc1cc(-c2c(-c3ccccc3)nn3c2OCCC3)ccn1. The van der Waals surface area contributed by atoms with E-state index in [0.29, 0.717) is 18.8 Å². The number of nitrogens with one attached hydrogen (secondary N) is 1. The van der Waals surface area contributed by atoms with Crippen molar-refractivity contribution in [2.75, 3.05) is 11.9 Å². The quantitative estimate of drug-likeness (QED) is 0.644. The molecule has 148 valence electrons. The summed E-state index contributed by atoms with van der Waals surface area (Å²) in [5.41, 5.74) is 4.85. The van der Waals surface area contributed by atoms with Crippen LogP contribution in [-0.4, -0.2) is 27.3 Å². The number of anilines is 1. The molecule has 0 aliphatic carbocycles. The first kappa shape index (κ1) is 18.9. The Morgan fingerprint density at radius 2 is 2.03 bits per heavy atom. The molecule has 0 unspecified atom stereocenters. The number of carbonyl (C=O) groups excluding carboxylic acids is 1. The largest absolute Gasteiger partial charge is 0.477 e. The van der Waals surface area contributed by atoms with Crippen LogP contribution in [-0.2, 0) is 11.3 Å². The van der Waals surface area contributed by atoms with Gasteiger partial charge in [-0.1, -0.05) is 42.0 Å². The number of pyridine rings is 1. The maximum Gasteiger partial charge on any atom is 0.229 e. The molecule has 6 nitrogen and oxygen atoms in total.